The monoisotopic (exact) mass is 259 g/mol. The molecule has 0 spiro atoms. The summed E-state index contributed by atoms with van der Waals surface area (Å²) < 4.78 is 26.7. The molecule has 1 unspecified atom stereocenters. The molecule has 3 rings (SSSR count). The molecule has 1 atom stereocenters. The van der Waals surface area contributed by atoms with Crippen molar-refractivity contribution in [2.75, 3.05) is 5.32 Å². The normalized spacial score (nSPS) is 17.1. The third-order valence-corrected chi connectivity index (χ3v) is 3.67. The first kappa shape index (κ1) is 12.2. The maximum Gasteiger partial charge on any atom is 0.131 e. The molecule has 1 N–H and O–H groups in total. The summed E-state index contributed by atoms with van der Waals surface area (Å²) in [5.41, 5.74) is 4.05. The van der Waals surface area contributed by atoms with Gasteiger partial charge in [0, 0.05) is 17.3 Å². The van der Waals surface area contributed by atoms with Crippen LogP contribution in [0.5, 0.6) is 0 Å². The van der Waals surface area contributed by atoms with Crippen LogP contribution in [0.25, 0.3) is 0 Å². The first-order valence-electron chi connectivity index (χ1n) is 6.50. The molecule has 3 heteroatoms. The maximum absolute atomic E-state index is 13.8. The predicted molar refractivity (Wildman–Crippen MR) is 72.2 cm³/mol. The number of halogens is 2. The Bertz CT molecular complexity index is 622. The van der Waals surface area contributed by atoms with Crippen molar-refractivity contribution in [1.82, 2.24) is 0 Å². The molecule has 0 aromatic heterocycles. The number of nitrogens with one attached hydrogen (secondary N) is 1. The van der Waals surface area contributed by atoms with Crippen LogP contribution < -0.4 is 5.32 Å². The number of fused-ring (bicyclic) bond motifs is 1. The Morgan fingerprint density at radius 3 is 2.74 bits per heavy atom. The van der Waals surface area contributed by atoms with Gasteiger partial charge in [0.15, 0.2) is 0 Å². The summed E-state index contributed by atoms with van der Waals surface area (Å²) in [7, 11) is 0. The molecule has 0 saturated carbocycles. The lowest BCUT2D eigenvalue weighted by molar-refractivity contribution is 0.563. The lowest BCUT2D eigenvalue weighted by Crippen LogP contribution is -2.08. The van der Waals surface area contributed by atoms with E-state index in [0.29, 0.717) is 5.56 Å². The highest BCUT2D eigenvalue weighted by molar-refractivity contribution is 5.59. The molecule has 19 heavy (non-hydrogen) atoms. The third kappa shape index (κ3) is 2.21. The van der Waals surface area contributed by atoms with Gasteiger partial charge in [-0.15, -0.1) is 0 Å². The van der Waals surface area contributed by atoms with Crippen LogP contribution in [0.1, 0.15) is 29.7 Å². The highest BCUT2D eigenvalue weighted by atomic mass is 19.1. The first-order valence-corrected chi connectivity index (χ1v) is 6.50. The summed E-state index contributed by atoms with van der Waals surface area (Å²) in [5.74, 6) is -1.02. The van der Waals surface area contributed by atoms with Crippen LogP contribution in [0.2, 0.25) is 0 Å². The van der Waals surface area contributed by atoms with Gasteiger partial charge in [-0.3, -0.25) is 0 Å². The molecule has 0 saturated heterocycles. The van der Waals surface area contributed by atoms with E-state index in [9.17, 15) is 8.78 Å². The van der Waals surface area contributed by atoms with Crippen LogP contribution >= 0.6 is 0 Å². The molecule has 1 nitrogen and oxygen atoms in total. The van der Waals surface area contributed by atoms with Gasteiger partial charge in [-0.05, 0) is 36.1 Å². The number of hydrogen-bond acceptors (Lipinski definition) is 1. The van der Waals surface area contributed by atoms with Crippen molar-refractivity contribution >= 4 is 5.69 Å². The number of aryl methyl sites for hydroxylation is 1. The number of anilines is 1. The molecule has 98 valence electrons. The third-order valence-electron chi connectivity index (χ3n) is 3.67. The van der Waals surface area contributed by atoms with E-state index in [-0.39, 0.29) is 6.04 Å². The molecule has 0 amide bonds. The zero-order valence-electron chi connectivity index (χ0n) is 10.7. The number of hydrogen-bond donors (Lipinski definition) is 1. The lowest BCUT2D eigenvalue weighted by Gasteiger charge is -2.12. The highest BCUT2D eigenvalue weighted by Gasteiger charge is 2.24. The predicted octanol–water partition coefficient (Wildman–Crippen LogP) is 4.24. The Kier molecular flexibility index (Phi) is 2.97. The highest BCUT2D eigenvalue weighted by Crippen LogP contribution is 2.35. The average molecular weight is 259 g/mol. The van der Waals surface area contributed by atoms with Crippen molar-refractivity contribution in [3.05, 3.63) is 64.7 Å². The molecule has 0 bridgehead atoms. The zero-order chi connectivity index (χ0) is 13.4. The minimum Gasteiger partial charge on any atom is -0.378 e. The second-order valence-electron chi connectivity index (χ2n) is 4.91. The molecule has 0 aliphatic carbocycles. The van der Waals surface area contributed by atoms with Crippen molar-refractivity contribution < 1.29 is 8.78 Å². The van der Waals surface area contributed by atoms with Gasteiger partial charge in [0.05, 0.1) is 6.04 Å². The van der Waals surface area contributed by atoms with Crippen molar-refractivity contribution in [3.63, 3.8) is 0 Å². The Hall–Kier alpha value is -1.90. The molecular weight excluding hydrogens is 244 g/mol. The Morgan fingerprint density at radius 2 is 2.00 bits per heavy atom. The second-order valence-corrected chi connectivity index (χ2v) is 4.91. The summed E-state index contributed by atoms with van der Waals surface area (Å²) in [6.07, 6.45) is 1.73. The summed E-state index contributed by atoms with van der Waals surface area (Å²) in [4.78, 5) is 0. The minimum atomic E-state index is -0.537. The second kappa shape index (κ2) is 4.65. The van der Waals surface area contributed by atoms with E-state index in [2.05, 4.69) is 24.4 Å². The van der Waals surface area contributed by atoms with Gasteiger partial charge < -0.3 is 5.32 Å². The minimum absolute atomic E-state index is 0.109. The van der Waals surface area contributed by atoms with Gasteiger partial charge in [-0.2, -0.15) is 0 Å². The van der Waals surface area contributed by atoms with E-state index < -0.39 is 11.6 Å². The Morgan fingerprint density at radius 1 is 1.16 bits per heavy atom. The smallest absolute Gasteiger partial charge is 0.131 e. The van der Waals surface area contributed by atoms with Crippen LogP contribution in [0.4, 0.5) is 14.5 Å². The van der Waals surface area contributed by atoms with Crippen LogP contribution in [-0.4, -0.2) is 0 Å². The lowest BCUT2D eigenvalue weighted by atomic mass is 10.0. The summed E-state index contributed by atoms with van der Waals surface area (Å²) >= 11 is 0. The van der Waals surface area contributed by atoms with E-state index in [1.54, 1.807) is 0 Å². The van der Waals surface area contributed by atoms with E-state index in [1.165, 1.54) is 23.3 Å². The molecule has 0 radical (unpaired) electrons. The van der Waals surface area contributed by atoms with E-state index in [0.717, 1.165) is 24.6 Å². The van der Waals surface area contributed by atoms with Gasteiger partial charge in [0.25, 0.3) is 0 Å². The fourth-order valence-corrected chi connectivity index (χ4v) is 2.61. The maximum atomic E-state index is 13.8. The van der Waals surface area contributed by atoms with Crippen molar-refractivity contribution in [2.45, 2.75) is 25.8 Å². The van der Waals surface area contributed by atoms with Crippen molar-refractivity contribution in [1.29, 1.82) is 0 Å². The molecular formula is C16H15F2N. The van der Waals surface area contributed by atoms with E-state index >= 15 is 0 Å². The van der Waals surface area contributed by atoms with Crippen LogP contribution in [-0.2, 0) is 12.8 Å². The van der Waals surface area contributed by atoms with Gasteiger partial charge in [-0.25, -0.2) is 8.78 Å². The quantitative estimate of drug-likeness (QED) is 0.850. The number of benzene rings is 2. The standard InChI is InChI=1S/C16H15F2N/c1-2-10-3-6-15-11(7-10)8-16(19-15)13-5-4-12(17)9-14(13)18/h3-7,9,16,19H,2,8H2,1H3. The van der Waals surface area contributed by atoms with E-state index in [4.69, 9.17) is 0 Å². The Balaban J connectivity index is 1.90. The van der Waals surface area contributed by atoms with Gasteiger partial charge in [-0.1, -0.05) is 25.1 Å². The number of rotatable bonds is 2. The first-order chi connectivity index (χ1) is 9.17. The van der Waals surface area contributed by atoms with Crippen molar-refractivity contribution in [2.24, 2.45) is 0 Å². The zero-order valence-corrected chi connectivity index (χ0v) is 10.7. The van der Waals surface area contributed by atoms with Crippen LogP contribution in [0, 0.1) is 11.6 Å². The average Bonchev–Trinajstić information content (AvgIpc) is 2.80. The summed E-state index contributed by atoms with van der Waals surface area (Å²) in [6.45, 7) is 2.11. The molecule has 1 heterocycles. The van der Waals surface area contributed by atoms with Crippen LogP contribution in [0.15, 0.2) is 36.4 Å². The van der Waals surface area contributed by atoms with Gasteiger partial charge in [0.2, 0.25) is 0 Å². The van der Waals surface area contributed by atoms with Gasteiger partial charge >= 0.3 is 0 Å². The largest absolute Gasteiger partial charge is 0.378 e. The Labute approximate surface area is 111 Å². The fraction of sp³-hybridized carbons (Fsp3) is 0.250. The summed E-state index contributed by atoms with van der Waals surface area (Å²) in [5, 5.41) is 3.30. The van der Waals surface area contributed by atoms with Crippen LogP contribution in [0.3, 0.4) is 0 Å². The molecule has 0 fully saturated rings. The van der Waals surface area contributed by atoms with Crippen molar-refractivity contribution in [3.8, 4) is 0 Å². The van der Waals surface area contributed by atoms with Gasteiger partial charge in [0.1, 0.15) is 11.6 Å². The molecule has 1 aliphatic heterocycles. The molecule has 2 aromatic carbocycles. The fourth-order valence-electron chi connectivity index (χ4n) is 2.61. The topological polar surface area (TPSA) is 12.0 Å². The molecule has 2 aromatic rings. The SMILES string of the molecule is CCc1ccc2c(c1)CC(c1ccc(F)cc1F)N2. The van der Waals surface area contributed by atoms with E-state index in [1.807, 2.05) is 6.07 Å². The summed E-state index contributed by atoms with van der Waals surface area (Å²) in [6, 6.07) is 9.93. The molecule has 1 aliphatic rings.